The summed E-state index contributed by atoms with van der Waals surface area (Å²) in [6.45, 7) is 0.542. The summed E-state index contributed by atoms with van der Waals surface area (Å²) in [5.41, 5.74) is -2.88. The number of rotatable bonds is 5. The lowest BCUT2D eigenvalue weighted by molar-refractivity contribution is -0.141. The van der Waals surface area contributed by atoms with Crippen LogP contribution in [-0.4, -0.2) is 54.0 Å². The molecule has 0 radical (unpaired) electrons. The van der Waals surface area contributed by atoms with Crippen LogP contribution < -0.4 is 0 Å². The Balaban J connectivity index is 1.63. The zero-order valence-corrected chi connectivity index (χ0v) is 20.6. The van der Waals surface area contributed by atoms with Crippen LogP contribution in [0.5, 0.6) is 0 Å². The lowest BCUT2D eigenvalue weighted by atomic mass is 9.85. The van der Waals surface area contributed by atoms with Gasteiger partial charge in [-0.3, -0.25) is 9.48 Å². The van der Waals surface area contributed by atoms with Gasteiger partial charge in [0.15, 0.2) is 5.69 Å². The summed E-state index contributed by atoms with van der Waals surface area (Å²) in [5.74, 6) is -4.88. The number of hydrogen-bond donors (Lipinski definition) is 0. The molecular weight excluding hydrogens is 540 g/mol. The van der Waals surface area contributed by atoms with Gasteiger partial charge in [0.25, 0.3) is 11.8 Å². The van der Waals surface area contributed by atoms with Crippen LogP contribution in [0.4, 0.5) is 35.1 Å². The van der Waals surface area contributed by atoms with Gasteiger partial charge in [0, 0.05) is 44.5 Å². The Morgan fingerprint density at radius 2 is 1.74 bits per heavy atom. The number of nitrogens with zero attached hydrogens (tertiary/aromatic N) is 6. The monoisotopic (exact) mass is 562 g/mol. The van der Waals surface area contributed by atoms with E-state index in [9.17, 15) is 39.9 Å². The maximum Gasteiger partial charge on any atom is 0.433 e. The molecule has 0 spiro atoms. The van der Waals surface area contributed by atoms with E-state index < -0.39 is 60.4 Å². The summed E-state index contributed by atoms with van der Waals surface area (Å²) < 4.78 is 108. The van der Waals surface area contributed by atoms with Gasteiger partial charge in [-0.25, -0.2) is 23.7 Å². The third-order valence-electron chi connectivity index (χ3n) is 6.38. The van der Waals surface area contributed by atoms with Crippen LogP contribution in [0.2, 0.25) is 0 Å². The van der Waals surface area contributed by atoms with Crippen molar-refractivity contribution in [2.75, 3.05) is 6.54 Å². The number of carbonyl (C=O) groups is 1. The Morgan fingerprint density at radius 3 is 2.36 bits per heavy atom. The highest BCUT2D eigenvalue weighted by molar-refractivity contribution is 5.98. The van der Waals surface area contributed by atoms with Crippen LogP contribution in [0.3, 0.4) is 0 Å². The highest BCUT2D eigenvalue weighted by atomic mass is 19.4. The maximum atomic E-state index is 14.6. The Kier molecular flexibility index (Phi) is 7.38. The lowest BCUT2D eigenvalue weighted by Crippen LogP contribution is -2.55. The van der Waals surface area contributed by atoms with Crippen molar-refractivity contribution in [2.24, 2.45) is 13.0 Å². The number of amides is 1. The smallest absolute Gasteiger partial charge is 0.328 e. The third kappa shape index (κ3) is 6.33. The molecule has 0 unspecified atom stereocenters. The first kappa shape index (κ1) is 28.4. The van der Waals surface area contributed by atoms with E-state index in [2.05, 4.69) is 20.1 Å². The Bertz CT molecular complexity index is 1340. The van der Waals surface area contributed by atoms with Crippen LogP contribution in [0.15, 0.2) is 36.8 Å². The number of likely N-dealkylation sites (tertiary alicyclic amines) is 1. The molecule has 3 aromatic heterocycles. The van der Waals surface area contributed by atoms with E-state index in [0.717, 1.165) is 17.0 Å². The lowest BCUT2D eigenvalue weighted by Gasteiger charge is -2.43. The molecule has 1 amide bonds. The summed E-state index contributed by atoms with van der Waals surface area (Å²) in [4.78, 5) is 25.5. The van der Waals surface area contributed by atoms with E-state index in [-0.39, 0.29) is 35.6 Å². The number of pyridine rings is 1. The van der Waals surface area contributed by atoms with Crippen LogP contribution in [0, 0.1) is 5.92 Å². The van der Waals surface area contributed by atoms with Crippen LogP contribution in [0.1, 0.15) is 47.3 Å². The molecule has 0 saturated carbocycles. The second-order valence-electron chi connectivity index (χ2n) is 9.43. The summed E-state index contributed by atoms with van der Waals surface area (Å²) in [5, 5.41) is 4.04. The van der Waals surface area contributed by atoms with Crippen molar-refractivity contribution in [2.45, 2.75) is 50.5 Å². The van der Waals surface area contributed by atoms with Gasteiger partial charge in [-0.1, -0.05) is 13.0 Å². The van der Waals surface area contributed by atoms with Gasteiger partial charge >= 0.3 is 12.4 Å². The number of aryl methyl sites for hydroxylation is 2. The third-order valence-corrected chi connectivity index (χ3v) is 6.38. The van der Waals surface area contributed by atoms with E-state index in [1.807, 2.05) is 0 Å². The van der Waals surface area contributed by atoms with Gasteiger partial charge < -0.3 is 4.90 Å². The molecule has 0 bridgehead atoms. The average molecular weight is 562 g/mol. The topological polar surface area (TPSA) is 76.8 Å². The molecule has 4 rings (SSSR count). The molecule has 15 heteroatoms. The Hall–Kier alpha value is -3.65. The summed E-state index contributed by atoms with van der Waals surface area (Å²) in [6.07, 6.45) is -7.37. The first-order valence-corrected chi connectivity index (χ1v) is 11.7. The van der Waals surface area contributed by atoms with Crippen molar-refractivity contribution in [3.63, 3.8) is 0 Å². The van der Waals surface area contributed by atoms with Crippen molar-refractivity contribution in [1.82, 2.24) is 29.6 Å². The van der Waals surface area contributed by atoms with E-state index in [1.54, 1.807) is 0 Å². The molecule has 0 aromatic carbocycles. The molecule has 0 N–H and O–H groups in total. The highest BCUT2D eigenvalue weighted by Gasteiger charge is 2.47. The average Bonchev–Trinajstić information content (AvgIpc) is 3.23. The van der Waals surface area contributed by atoms with Crippen molar-refractivity contribution >= 4 is 5.91 Å². The van der Waals surface area contributed by atoms with Gasteiger partial charge in [-0.15, -0.1) is 0 Å². The normalized spacial score (nSPS) is 19.8. The Morgan fingerprint density at radius 1 is 1.08 bits per heavy atom. The maximum absolute atomic E-state index is 14.6. The standard InChI is InChI=1S/C24H22F8N6O/c1-13-8-22(25,26)12-38(17(13)6-7-19-33-9-14(10-34-19)23(27,28)29)21(39)20-15(11-37(2)36-20)16-4-3-5-18(35-16)24(30,31)32/h3-5,9-11,13,17H,6-8,12H2,1-2H3/t13-,17-/m1/s1. The second-order valence-corrected chi connectivity index (χ2v) is 9.43. The highest BCUT2D eigenvalue weighted by Crippen LogP contribution is 2.38. The van der Waals surface area contributed by atoms with Gasteiger partial charge in [0.05, 0.1) is 23.4 Å². The summed E-state index contributed by atoms with van der Waals surface area (Å²) in [6, 6.07) is 2.31. The zero-order chi connectivity index (χ0) is 28.8. The second kappa shape index (κ2) is 10.2. The van der Waals surface area contributed by atoms with Crippen LogP contribution in [-0.2, 0) is 25.8 Å². The molecule has 1 aliphatic rings. The molecule has 1 fully saturated rings. The molecule has 4 heterocycles. The summed E-state index contributed by atoms with van der Waals surface area (Å²) >= 11 is 0. The molecule has 1 aliphatic heterocycles. The minimum Gasteiger partial charge on any atom is -0.328 e. The van der Waals surface area contributed by atoms with E-state index >= 15 is 0 Å². The van der Waals surface area contributed by atoms with E-state index in [4.69, 9.17) is 0 Å². The molecule has 1 saturated heterocycles. The quantitative estimate of drug-likeness (QED) is 0.388. The predicted octanol–water partition coefficient (Wildman–Crippen LogP) is 5.43. The van der Waals surface area contributed by atoms with Crippen molar-refractivity contribution in [3.8, 4) is 11.3 Å². The molecule has 39 heavy (non-hydrogen) atoms. The van der Waals surface area contributed by atoms with Gasteiger partial charge in [0.2, 0.25) is 0 Å². The fourth-order valence-corrected chi connectivity index (χ4v) is 4.63. The van der Waals surface area contributed by atoms with Gasteiger partial charge in [-0.2, -0.15) is 31.4 Å². The predicted molar refractivity (Wildman–Crippen MR) is 120 cm³/mol. The van der Waals surface area contributed by atoms with Crippen molar-refractivity contribution in [1.29, 1.82) is 0 Å². The van der Waals surface area contributed by atoms with E-state index in [0.29, 0.717) is 12.4 Å². The van der Waals surface area contributed by atoms with Gasteiger partial charge in [-0.05, 0) is 24.5 Å². The molecule has 7 nitrogen and oxygen atoms in total. The van der Waals surface area contributed by atoms with Gasteiger partial charge in [0.1, 0.15) is 11.5 Å². The number of aromatic nitrogens is 5. The van der Waals surface area contributed by atoms with Crippen molar-refractivity contribution < 1.29 is 39.9 Å². The fourth-order valence-electron chi connectivity index (χ4n) is 4.63. The number of carbonyl (C=O) groups excluding carboxylic acids is 1. The zero-order valence-electron chi connectivity index (χ0n) is 20.6. The molecular formula is C24H22F8N6O. The SMILES string of the molecule is C[C@@H]1CC(F)(F)CN(C(=O)c2nn(C)cc2-c2cccc(C(F)(F)F)n2)[C@@H]1CCc1ncc(C(F)(F)F)cn1. The van der Waals surface area contributed by atoms with Crippen molar-refractivity contribution in [3.05, 3.63) is 59.6 Å². The molecule has 0 aliphatic carbocycles. The van der Waals surface area contributed by atoms with Crippen LogP contribution >= 0.6 is 0 Å². The number of alkyl halides is 8. The van der Waals surface area contributed by atoms with Crippen LogP contribution in [0.25, 0.3) is 11.3 Å². The number of hydrogen-bond acceptors (Lipinski definition) is 5. The first-order valence-electron chi connectivity index (χ1n) is 11.7. The first-order chi connectivity index (χ1) is 18.0. The largest absolute Gasteiger partial charge is 0.433 e. The molecule has 210 valence electrons. The number of halogens is 8. The minimum absolute atomic E-state index is 0.00719. The van der Waals surface area contributed by atoms with E-state index in [1.165, 1.54) is 30.9 Å². The molecule has 3 aromatic rings. The number of piperidine rings is 1. The Labute approximate surface area is 216 Å². The molecule has 2 atom stereocenters. The fraction of sp³-hybridized carbons (Fsp3) is 0.458. The minimum atomic E-state index is -4.75. The summed E-state index contributed by atoms with van der Waals surface area (Å²) in [7, 11) is 1.42.